The molecule has 7 nitrogen and oxygen atoms in total. The zero-order valence-corrected chi connectivity index (χ0v) is 23.0. The molecule has 3 aromatic carbocycles. The summed E-state index contributed by atoms with van der Waals surface area (Å²) < 4.78 is 19.2. The Morgan fingerprint density at radius 3 is 2.49 bits per heavy atom. The third-order valence-electron chi connectivity index (χ3n) is 6.11. The molecule has 4 rings (SSSR count). The summed E-state index contributed by atoms with van der Waals surface area (Å²) in [6.07, 6.45) is 0.100. The number of aliphatic imine (C=N–C) groups is 1. The van der Waals surface area contributed by atoms with Crippen molar-refractivity contribution in [2.75, 3.05) is 26.0 Å². The van der Waals surface area contributed by atoms with E-state index in [1.165, 1.54) is 12.1 Å². The molecule has 0 saturated heterocycles. The molecule has 204 valence electrons. The van der Waals surface area contributed by atoms with Crippen LogP contribution in [0.1, 0.15) is 48.9 Å². The fraction of sp³-hybridized carbons (Fsp3) is 0.323. The summed E-state index contributed by atoms with van der Waals surface area (Å²) in [6.45, 7) is 6.65. The number of amides is 2. The van der Waals surface area contributed by atoms with Crippen LogP contribution in [0, 0.1) is 5.82 Å². The zero-order chi connectivity index (χ0) is 28.2. The van der Waals surface area contributed by atoms with Crippen LogP contribution in [0.3, 0.4) is 0 Å². The maximum atomic E-state index is 13.9. The van der Waals surface area contributed by atoms with Crippen LogP contribution in [-0.2, 0) is 22.5 Å². The number of anilines is 1. The summed E-state index contributed by atoms with van der Waals surface area (Å²) in [4.78, 5) is 32.3. The van der Waals surface area contributed by atoms with Crippen LogP contribution in [0.25, 0.3) is 0 Å². The monoisotopic (exact) mass is 530 g/mol. The molecular formula is C31H35FN4O3. The second kappa shape index (κ2) is 11.8. The molecule has 2 amide bonds. The summed E-state index contributed by atoms with van der Waals surface area (Å²) in [7, 11) is 4.03. The van der Waals surface area contributed by atoms with Crippen molar-refractivity contribution in [3.05, 3.63) is 94.8 Å². The molecule has 1 aliphatic rings. The molecule has 0 bridgehead atoms. The van der Waals surface area contributed by atoms with Crippen LogP contribution in [0.15, 0.2) is 71.7 Å². The minimum absolute atomic E-state index is 0.254. The third kappa shape index (κ3) is 7.51. The van der Waals surface area contributed by atoms with Gasteiger partial charge >= 0.3 is 6.09 Å². The first kappa shape index (κ1) is 28.0. The number of benzene rings is 3. The van der Waals surface area contributed by atoms with Crippen LogP contribution in [0.4, 0.5) is 20.6 Å². The Kier molecular flexibility index (Phi) is 8.45. The molecule has 0 radical (unpaired) electrons. The highest BCUT2D eigenvalue weighted by Gasteiger charge is 2.35. The van der Waals surface area contributed by atoms with Crippen molar-refractivity contribution in [1.82, 2.24) is 10.2 Å². The number of fused-ring (bicyclic) bond motifs is 1. The highest BCUT2D eigenvalue weighted by Crippen LogP contribution is 2.37. The Balaban J connectivity index is 1.65. The topological polar surface area (TPSA) is 83.0 Å². The van der Waals surface area contributed by atoms with Gasteiger partial charge in [0.05, 0.1) is 11.4 Å². The summed E-state index contributed by atoms with van der Waals surface area (Å²) in [5.41, 5.74) is 4.75. The van der Waals surface area contributed by atoms with Crippen LogP contribution in [0.2, 0.25) is 0 Å². The van der Waals surface area contributed by atoms with Crippen molar-refractivity contribution >= 4 is 29.1 Å². The van der Waals surface area contributed by atoms with Gasteiger partial charge < -0.3 is 20.3 Å². The van der Waals surface area contributed by atoms with Gasteiger partial charge in [-0.25, -0.2) is 9.18 Å². The Morgan fingerprint density at radius 2 is 1.79 bits per heavy atom. The highest BCUT2D eigenvalue weighted by atomic mass is 19.1. The Morgan fingerprint density at radius 1 is 1.05 bits per heavy atom. The van der Waals surface area contributed by atoms with Gasteiger partial charge in [-0.1, -0.05) is 36.4 Å². The third-order valence-corrected chi connectivity index (χ3v) is 6.11. The van der Waals surface area contributed by atoms with E-state index in [2.05, 4.69) is 15.5 Å². The summed E-state index contributed by atoms with van der Waals surface area (Å²) in [6, 6.07) is 20.0. The summed E-state index contributed by atoms with van der Waals surface area (Å²) in [5.74, 6) is -1.36. The zero-order valence-electron chi connectivity index (χ0n) is 23.0. The number of halogens is 1. The van der Waals surface area contributed by atoms with E-state index in [9.17, 15) is 14.0 Å². The van der Waals surface area contributed by atoms with Crippen LogP contribution in [0.5, 0.6) is 0 Å². The number of nitrogens with zero attached hydrogens (tertiary/aromatic N) is 2. The predicted octanol–water partition coefficient (Wildman–Crippen LogP) is 5.81. The van der Waals surface area contributed by atoms with E-state index in [1.54, 1.807) is 6.07 Å². The Hall–Kier alpha value is -4.04. The fourth-order valence-corrected chi connectivity index (χ4v) is 4.49. The number of rotatable bonds is 8. The van der Waals surface area contributed by atoms with Gasteiger partial charge in [-0.15, -0.1) is 0 Å². The number of alkyl carbamates (subject to hydrolysis) is 1. The van der Waals surface area contributed by atoms with Crippen LogP contribution in [-0.4, -0.2) is 48.9 Å². The average Bonchev–Trinajstić information content (AvgIpc) is 3.16. The fourth-order valence-electron chi connectivity index (χ4n) is 4.49. The number of carbonyl (C=O) groups is 2. The molecule has 1 aliphatic heterocycles. The smallest absolute Gasteiger partial charge is 0.407 e. The largest absolute Gasteiger partial charge is 0.444 e. The molecule has 2 N–H and O–H groups in total. The molecule has 0 aliphatic carbocycles. The summed E-state index contributed by atoms with van der Waals surface area (Å²) >= 11 is 0. The molecule has 0 spiro atoms. The first-order valence-corrected chi connectivity index (χ1v) is 13.0. The number of hydrogen-bond donors (Lipinski definition) is 2. The number of ether oxygens (including phenoxy) is 1. The quantitative estimate of drug-likeness (QED) is 0.360. The highest BCUT2D eigenvalue weighted by molar-refractivity contribution is 6.24. The molecule has 3 aromatic rings. The van der Waals surface area contributed by atoms with Gasteiger partial charge in [-0.2, -0.15) is 0 Å². The van der Waals surface area contributed by atoms with Gasteiger partial charge in [-0.3, -0.25) is 9.79 Å². The maximum Gasteiger partial charge on any atom is 0.407 e. The lowest BCUT2D eigenvalue weighted by atomic mass is 9.89. The SMILES string of the molecule is CN(C)Cc1ccc(N=C(c2cccc(CCNC(=O)OC(C)(C)C)c2)C2C(=O)Nc3cc(F)ccc32)cc1. The molecule has 0 saturated carbocycles. The molecule has 0 aromatic heterocycles. The van der Waals surface area contributed by atoms with Gasteiger partial charge in [0.25, 0.3) is 0 Å². The van der Waals surface area contributed by atoms with Gasteiger partial charge in [0.1, 0.15) is 17.3 Å². The van der Waals surface area contributed by atoms with E-state index in [1.807, 2.05) is 83.4 Å². The number of hydrogen-bond acceptors (Lipinski definition) is 5. The van der Waals surface area contributed by atoms with Gasteiger partial charge in [0.15, 0.2) is 0 Å². The van der Waals surface area contributed by atoms with E-state index in [0.717, 1.165) is 23.2 Å². The van der Waals surface area contributed by atoms with Crippen LogP contribution < -0.4 is 10.6 Å². The van der Waals surface area contributed by atoms with Crippen molar-refractivity contribution in [2.24, 2.45) is 4.99 Å². The molecule has 1 atom stereocenters. The normalized spacial score (nSPS) is 15.2. The van der Waals surface area contributed by atoms with E-state index in [-0.39, 0.29) is 5.91 Å². The van der Waals surface area contributed by atoms with Crippen molar-refractivity contribution in [2.45, 2.75) is 45.3 Å². The average molecular weight is 531 g/mol. The molecule has 1 unspecified atom stereocenters. The van der Waals surface area contributed by atoms with Gasteiger partial charge in [-0.05, 0) is 93.9 Å². The first-order chi connectivity index (χ1) is 18.5. The first-order valence-electron chi connectivity index (χ1n) is 13.0. The molecule has 8 heteroatoms. The van der Waals surface area contributed by atoms with E-state index >= 15 is 0 Å². The van der Waals surface area contributed by atoms with Crippen molar-refractivity contribution in [1.29, 1.82) is 0 Å². The standard InChI is InChI=1S/C31H35FN4O3/c1-31(2,3)39-30(38)33-16-15-20-7-6-8-22(17-20)28(34-24-12-9-21(10-13-24)19-36(4)5)27-25-14-11-23(32)18-26(25)35-29(27)37/h6-14,17-18,27H,15-16,19H2,1-5H3,(H,33,38)(H,35,37). The maximum absolute atomic E-state index is 13.9. The van der Waals surface area contributed by atoms with Gasteiger partial charge in [0, 0.05) is 18.8 Å². The minimum atomic E-state index is -0.697. The molecular weight excluding hydrogens is 495 g/mol. The summed E-state index contributed by atoms with van der Waals surface area (Å²) in [5, 5.41) is 5.59. The predicted molar refractivity (Wildman–Crippen MR) is 152 cm³/mol. The Labute approximate surface area is 229 Å². The lowest BCUT2D eigenvalue weighted by Gasteiger charge is -2.19. The van der Waals surface area contributed by atoms with E-state index < -0.39 is 23.4 Å². The van der Waals surface area contributed by atoms with E-state index in [4.69, 9.17) is 9.73 Å². The lowest BCUT2D eigenvalue weighted by molar-refractivity contribution is -0.115. The number of carbonyl (C=O) groups excluding carboxylic acids is 2. The van der Waals surface area contributed by atoms with Crippen molar-refractivity contribution in [3.8, 4) is 0 Å². The number of nitrogens with one attached hydrogen (secondary N) is 2. The van der Waals surface area contributed by atoms with Crippen molar-refractivity contribution in [3.63, 3.8) is 0 Å². The second-order valence-corrected chi connectivity index (χ2v) is 10.9. The minimum Gasteiger partial charge on any atom is -0.444 e. The van der Waals surface area contributed by atoms with Crippen molar-refractivity contribution < 1.29 is 18.7 Å². The van der Waals surface area contributed by atoms with E-state index in [0.29, 0.717) is 35.6 Å². The molecule has 39 heavy (non-hydrogen) atoms. The Bertz CT molecular complexity index is 1380. The van der Waals surface area contributed by atoms with Crippen LogP contribution >= 0.6 is 0 Å². The lowest BCUT2D eigenvalue weighted by Crippen LogP contribution is -2.33. The molecule has 1 heterocycles. The molecule has 0 fully saturated rings. The second-order valence-electron chi connectivity index (χ2n) is 10.9. The van der Waals surface area contributed by atoms with Gasteiger partial charge in [0.2, 0.25) is 5.91 Å².